The smallest absolute Gasteiger partial charge is 0.261 e. The van der Waals surface area contributed by atoms with Gasteiger partial charge in [0.05, 0.1) is 36.2 Å². The Kier molecular flexibility index (Phi) is 7.60. The Hall–Kier alpha value is -3.24. The van der Waals surface area contributed by atoms with Gasteiger partial charge in [0.1, 0.15) is 0 Å². The summed E-state index contributed by atoms with van der Waals surface area (Å²) in [5.41, 5.74) is 0.862. The number of hydrogen-bond donors (Lipinski definition) is 2. The van der Waals surface area contributed by atoms with E-state index in [1.54, 1.807) is 57.7 Å². The van der Waals surface area contributed by atoms with Crippen LogP contribution in [0.15, 0.2) is 76.8 Å². The summed E-state index contributed by atoms with van der Waals surface area (Å²) in [5.74, 6) is 0.984. The fourth-order valence-corrected chi connectivity index (χ4v) is 4.69. The molecule has 1 heterocycles. The van der Waals surface area contributed by atoms with Gasteiger partial charge >= 0.3 is 0 Å². The average molecular weight is 474 g/mol. The molecular weight excluding hydrogens is 450 g/mol. The first-order valence-corrected chi connectivity index (χ1v) is 11.9. The van der Waals surface area contributed by atoms with Crippen LogP contribution >= 0.6 is 11.8 Å². The SMILES string of the molecule is COc1ccc(S[C@@H](C)C(=O)Nc2ccc(S(=O)(=O)Nc3cccnc3)cc2)cc1OC. The molecule has 0 saturated carbocycles. The van der Waals surface area contributed by atoms with Crippen molar-refractivity contribution in [2.45, 2.75) is 22.0 Å². The van der Waals surface area contributed by atoms with Crippen molar-refractivity contribution in [3.63, 3.8) is 0 Å². The third-order valence-corrected chi connectivity index (χ3v) is 6.87. The van der Waals surface area contributed by atoms with Gasteiger partial charge in [-0.05, 0) is 61.5 Å². The van der Waals surface area contributed by atoms with Gasteiger partial charge in [-0.25, -0.2) is 8.42 Å². The van der Waals surface area contributed by atoms with Crippen LogP contribution in [0.3, 0.4) is 0 Å². The number of rotatable bonds is 9. The molecule has 32 heavy (non-hydrogen) atoms. The van der Waals surface area contributed by atoms with Gasteiger partial charge in [0.25, 0.3) is 10.0 Å². The van der Waals surface area contributed by atoms with Crippen LogP contribution in [0.2, 0.25) is 0 Å². The number of hydrogen-bond acceptors (Lipinski definition) is 7. The Morgan fingerprint density at radius 1 is 1.00 bits per heavy atom. The van der Waals surface area contributed by atoms with Gasteiger partial charge in [-0.1, -0.05) is 0 Å². The number of thioether (sulfide) groups is 1. The van der Waals surface area contributed by atoms with Crippen molar-refractivity contribution in [1.29, 1.82) is 0 Å². The maximum absolute atomic E-state index is 12.6. The maximum Gasteiger partial charge on any atom is 0.261 e. The van der Waals surface area contributed by atoms with Gasteiger partial charge in [0.15, 0.2) is 11.5 Å². The van der Waals surface area contributed by atoms with E-state index in [0.717, 1.165) is 4.90 Å². The van der Waals surface area contributed by atoms with Crippen molar-refractivity contribution in [3.05, 3.63) is 67.0 Å². The number of amides is 1. The minimum Gasteiger partial charge on any atom is -0.493 e. The van der Waals surface area contributed by atoms with Crippen LogP contribution < -0.4 is 19.5 Å². The predicted molar refractivity (Wildman–Crippen MR) is 125 cm³/mol. The lowest BCUT2D eigenvalue weighted by Gasteiger charge is -2.14. The number of nitrogens with one attached hydrogen (secondary N) is 2. The summed E-state index contributed by atoms with van der Waals surface area (Å²) in [4.78, 5) is 17.4. The molecule has 10 heteroatoms. The Morgan fingerprint density at radius 2 is 1.72 bits per heavy atom. The summed E-state index contributed by atoms with van der Waals surface area (Å²) in [6.07, 6.45) is 2.98. The van der Waals surface area contributed by atoms with E-state index in [9.17, 15) is 13.2 Å². The molecule has 0 bridgehead atoms. The first-order chi connectivity index (χ1) is 15.3. The van der Waals surface area contributed by atoms with E-state index < -0.39 is 15.3 Å². The summed E-state index contributed by atoms with van der Waals surface area (Å²) in [6.45, 7) is 1.79. The highest BCUT2D eigenvalue weighted by Gasteiger charge is 2.18. The number of carbonyl (C=O) groups is 1. The first kappa shape index (κ1) is 23.4. The van der Waals surface area contributed by atoms with Crippen molar-refractivity contribution >= 4 is 39.1 Å². The van der Waals surface area contributed by atoms with E-state index >= 15 is 0 Å². The van der Waals surface area contributed by atoms with Gasteiger partial charge in [-0.2, -0.15) is 0 Å². The zero-order chi connectivity index (χ0) is 23.1. The number of nitrogens with zero attached hydrogens (tertiary/aromatic N) is 1. The second kappa shape index (κ2) is 10.4. The van der Waals surface area contributed by atoms with Crippen LogP contribution in [-0.2, 0) is 14.8 Å². The number of carbonyl (C=O) groups excluding carboxylic acids is 1. The normalized spacial score (nSPS) is 12.0. The minimum atomic E-state index is -3.76. The van der Waals surface area contributed by atoms with E-state index in [1.807, 2.05) is 12.1 Å². The number of anilines is 2. The van der Waals surface area contributed by atoms with Gasteiger partial charge < -0.3 is 14.8 Å². The molecule has 0 aliphatic rings. The topological polar surface area (TPSA) is 107 Å². The number of aromatic nitrogens is 1. The first-order valence-electron chi connectivity index (χ1n) is 9.55. The summed E-state index contributed by atoms with van der Waals surface area (Å²) in [7, 11) is -0.641. The molecule has 0 aliphatic carbocycles. The molecular formula is C22H23N3O5S2. The second-order valence-electron chi connectivity index (χ2n) is 6.64. The molecule has 168 valence electrons. The van der Waals surface area contributed by atoms with E-state index in [4.69, 9.17) is 9.47 Å². The quantitative estimate of drug-likeness (QED) is 0.452. The summed E-state index contributed by atoms with van der Waals surface area (Å²) >= 11 is 1.37. The number of sulfonamides is 1. The molecule has 0 radical (unpaired) electrons. The fourth-order valence-electron chi connectivity index (χ4n) is 2.75. The number of ether oxygens (including phenoxy) is 2. The van der Waals surface area contributed by atoms with E-state index in [2.05, 4.69) is 15.0 Å². The minimum absolute atomic E-state index is 0.0760. The van der Waals surface area contributed by atoms with E-state index in [0.29, 0.717) is 22.9 Å². The molecule has 2 N–H and O–H groups in total. The zero-order valence-corrected chi connectivity index (χ0v) is 19.4. The number of benzene rings is 2. The lowest BCUT2D eigenvalue weighted by molar-refractivity contribution is -0.115. The molecule has 0 fully saturated rings. The maximum atomic E-state index is 12.6. The van der Waals surface area contributed by atoms with Gasteiger partial charge in [0.2, 0.25) is 5.91 Å². The van der Waals surface area contributed by atoms with Crippen LogP contribution in [0.4, 0.5) is 11.4 Å². The fraction of sp³-hybridized carbons (Fsp3) is 0.182. The van der Waals surface area contributed by atoms with Crippen molar-refractivity contribution in [3.8, 4) is 11.5 Å². The van der Waals surface area contributed by atoms with E-state index in [1.165, 1.54) is 30.1 Å². The molecule has 3 aromatic rings. The Balaban J connectivity index is 1.63. The highest BCUT2D eigenvalue weighted by molar-refractivity contribution is 8.00. The van der Waals surface area contributed by atoms with Gasteiger partial charge in [-0.3, -0.25) is 14.5 Å². The average Bonchev–Trinajstić information content (AvgIpc) is 2.79. The van der Waals surface area contributed by atoms with Crippen LogP contribution in [0, 0.1) is 0 Å². The van der Waals surface area contributed by atoms with Gasteiger partial charge in [-0.15, -0.1) is 11.8 Å². The monoisotopic (exact) mass is 473 g/mol. The van der Waals surface area contributed by atoms with Crippen molar-refractivity contribution in [2.75, 3.05) is 24.3 Å². The largest absolute Gasteiger partial charge is 0.493 e. The number of methoxy groups -OCH3 is 2. The van der Waals surface area contributed by atoms with Crippen LogP contribution in [0.5, 0.6) is 11.5 Å². The summed E-state index contributed by atoms with van der Waals surface area (Å²) < 4.78 is 38.0. The van der Waals surface area contributed by atoms with E-state index in [-0.39, 0.29) is 10.8 Å². The van der Waals surface area contributed by atoms with Crippen LogP contribution in [0.1, 0.15) is 6.92 Å². The Bertz CT molecular complexity index is 1170. The van der Waals surface area contributed by atoms with Crippen LogP contribution in [0.25, 0.3) is 0 Å². The Morgan fingerprint density at radius 3 is 2.34 bits per heavy atom. The molecule has 3 rings (SSSR count). The molecule has 8 nitrogen and oxygen atoms in total. The van der Waals surface area contributed by atoms with Crippen LogP contribution in [-0.4, -0.2) is 38.8 Å². The highest BCUT2D eigenvalue weighted by Crippen LogP contribution is 2.33. The third kappa shape index (κ3) is 5.92. The zero-order valence-electron chi connectivity index (χ0n) is 17.7. The molecule has 0 aliphatic heterocycles. The molecule has 1 aromatic heterocycles. The molecule has 0 unspecified atom stereocenters. The van der Waals surface area contributed by atoms with Crippen molar-refractivity contribution in [2.24, 2.45) is 0 Å². The summed E-state index contributed by atoms with van der Waals surface area (Å²) in [6, 6.07) is 14.6. The highest BCUT2D eigenvalue weighted by atomic mass is 32.2. The molecule has 2 aromatic carbocycles. The summed E-state index contributed by atoms with van der Waals surface area (Å²) in [5, 5.41) is 2.40. The predicted octanol–water partition coefficient (Wildman–Crippen LogP) is 4.02. The number of pyridine rings is 1. The lowest BCUT2D eigenvalue weighted by atomic mass is 10.3. The third-order valence-electron chi connectivity index (χ3n) is 4.38. The lowest BCUT2D eigenvalue weighted by Crippen LogP contribution is -2.22. The molecule has 0 spiro atoms. The van der Waals surface area contributed by atoms with Crippen molar-refractivity contribution in [1.82, 2.24) is 4.98 Å². The Labute approximate surface area is 191 Å². The van der Waals surface area contributed by atoms with Crippen molar-refractivity contribution < 1.29 is 22.7 Å². The second-order valence-corrected chi connectivity index (χ2v) is 9.73. The molecule has 0 saturated heterocycles. The molecule has 1 atom stereocenters. The standard InChI is InChI=1S/C22H23N3O5S2/c1-15(31-18-8-11-20(29-2)21(13-18)30-3)22(26)24-16-6-9-19(10-7-16)32(27,28)25-17-5-4-12-23-14-17/h4-15,25H,1-3H3,(H,24,26)/t15-/m0/s1. The van der Waals surface area contributed by atoms with Gasteiger partial charge in [0, 0.05) is 16.8 Å². The molecule has 1 amide bonds.